The van der Waals surface area contributed by atoms with E-state index in [1.807, 2.05) is 0 Å². The van der Waals surface area contributed by atoms with Crippen molar-refractivity contribution >= 4 is 15.9 Å². The van der Waals surface area contributed by atoms with Gasteiger partial charge in [-0.1, -0.05) is 15.9 Å². The third-order valence-electron chi connectivity index (χ3n) is 2.20. The average Bonchev–Trinajstić information content (AvgIpc) is 2.29. The van der Waals surface area contributed by atoms with Crippen molar-refractivity contribution in [3.05, 3.63) is 51.9 Å². The number of halogens is 4. The van der Waals surface area contributed by atoms with Crippen LogP contribution in [0.1, 0.15) is 5.56 Å². The molecule has 0 aliphatic rings. The zero-order chi connectivity index (χ0) is 13.3. The summed E-state index contributed by atoms with van der Waals surface area (Å²) in [6, 6.07) is 5.39. The van der Waals surface area contributed by atoms with Crippen molar-refractivity contribution in [2.45, 2.75) is 6.92 Å². The van der Waals surface area contributed by atoms with Gasteiger partial charge in [0.05, 0.1) is 0 Å². The maximum Gasteiger partial charge on any atom is 0.258 e. The highest BCUT2D eigenvalue weighted by Gasteiger charge is 2.14. The minimum atomic E-state index is -1.40. The quantitative estimate of drug-likeness (QED) is 0.768. The number of rotatable bonds is 2. The Bertz CT molecular complexity index is 604. The standard InChI is InChI=1S/C12H7BrF3NO/c1-6-4-7(13)2-3-10(6)18-12-9(15)5-8(14)11(16)17-12/h2-5H,1H3. The molecule has 0 saturated carbocycles. The lowest BCUT2D eigenvalue weighted by molar-refractivity contribution is 0.385. The number of pyridine rings is 1. The summed E-state index contributed by atoms with van der Waals surface area (Å²) in [5.41, 5.74) is 0.704. The Labute approximate surface area is 110 Å². The minimum Gasteiger partial charge on any atom is -0.436 e. The van der Waals surface area contributed by atoms with Crippen LogP contribution in [0, 0.1) is 24.5 Å². The van der Waals surface area contributed by atoms with E-state index in [9.17, 15) is 13.2 Å². The normalized spacial score (nSPS) is 10.5. The Kier molecular flexibility index (Phi) is 3.56. The third kappa shape index (κ3) is 2.64. The van der Waals surface area contributed by atoms with Gasteiger partial charge in [-0.3, -0.25) is 0 Å². The van der Waals surface area contributed by atoms with E-state index in [0.717, 1.165) is 4.47 Å². The van der Waals surface area contributed by atoms with E-state index in [2.05, 4.69) is 20.9 Å². The summed E-state index contributed by atoms with van der Waals surface area (Å²) in [4.78, 5) is 3.08. The SMILES string of the molecule is Cc1cc(Br)ccc1Oc1nc(F)c(F)cc1F. The molecule has 0 amide bonds. The third-order valence-corrected chi connectivity index (χ3v) is 2.69. The first kappa shape index (κ1) is 12.9. The van der Waals surface area contributed by atoms with Crippen LogP contribution in [0.4, 0.5) is 13.2 Å². The summed E-state index contributed by atoms with van der Waals surface area (Å²) in [6.45, 7) is 1.73. The van der Waals surface area contributed by atoms with E-state index >= 15 is 0 Å². The molecule has 18 heavy (non-hydrogen) atoms. The van der Waals surface area contributed by atoms with Crippen LogP contribution in [0.15, 0.2) is 28.7 Å². The molecule has 0 aliphatic carbocycles. The van der Waals surface area contributed by atoms with Gasteiger partial charge in [0.15, 0.2) is 11.6 Å². The highest BCUT2D eigenvalue weighted by Crippen LogP contribution is 2.28. The van der Waals surface area contributed by atoms with Gasteiger partial charge in [0.1, 0.15) is 5.75 Å². The summed E-state index contributed by atoms with van der Waals surface area (Å²) >= 11 is 3.26. The van der Waals surface area contributed by atoms with Crippen LogP contribution >= 0.6 is 15.9 Å². The molecular formula is C12H7BrF3NO. The fourth-order valence-electron chi connectivity index (χ4n) is 1.33. The molecule has 0 atom stereocenters. The van der Waals surface area contributed by atoms with E-state index in [1.54, 1.807) is 25.1 Å². The topological polar surface area (TPSA) is 22.1 Å². The highest BCUT2D eigenvalue weighted by atomic mass is 79.9. The molecule has 6 heteroatoms. The maximum atomic E-state index is 13.3. The summed E-state index contributed by atoms with van der Waals surface area (Å²) in [5.74, 6) is -4.10. The smallest absolute Gasteiger partial charge is 0.258 e. The van der Waals surface area contributed by atoms with Crippen LogP contribution in [0.5, 0.6) is 11.6 Å². The van der Waals surface area contributed by atoms with E-state index < -0.39 is 23.5 Å². The van der Waals surface area contributed by atoms with Crippen molar-refractivity contribution in [2.24, 2.45) is 0 Å². The van der Waals surface area contributed by atoms with Crippen LogP contribution in [-0.2, 0) is 0 Å². The minimum absolute atomic E-state index is 0.315. The van der Waals surface area contributed by atoms with E-state index in [0.29, 0.717) is 17.4 Å². The Morgan fingerprint density at radius 1 is 1.11 bits per heavy atom. The molecule has 0 spiro atoms. The first-order chi connectivity index (χ1) is 8.47. The second-order valence-corrected chi connectivity index (χ2v) is 4.48. The van der Waals surface area contributed by atoms with Crippen molar-refractivity contribution < 1.29 is 17.9 Å². The lowest BCUT2D eigenvalue weighted by Crippen LogP contribution is -1.98. The van der Waals surface area contributed by atoms with Gasteiger partial charge in [-0.2, -0.15) is 9.37 Å². The molecule has 0 N–H and O–H groups in total. The van der Waals surface area contributed by atoms with Crippen molar-refractivity contribution in [2.75, 3.05) is 0 Å². The second-order valence-electron chi connectivity index (χ2n) is 3.56. The molecule has 2 nitrogen and oxygen atoms in total. The fraction of sp³-hybridized carbons (Fsp3) is 0.0833. The fourth-order valence-corrected chi connectivity index (χ4v) is 1.81. The van der Waals surface area contributed by atoms with Gasteiger partial charge in [0.2, 0.25) is 0 Å². The highest BCUT2D eigenvalue weighted by molar-refractivity contribution is 9.10. The molecule has 0 bridgehead atoms. The first-order valence-electron chi connectivity index (χ1n) is 4.93. The number of ether oxygens (including phenoxy) is 1. The summed E-state index contributed by atoms with van der Waals surface area (Å²) in [6.07, 6.45) is 0. The van der Waals surface area contributed by atoms with Gasteiger partial charge in [-0.05, 0) is 30.7 Å². The zero-order valence-corrected chi connectivity index (χ0v) is 10.8. The summed E-state index contributed by atoms with van der Waals surface area (Å²) in [7, 11) is 0. The van der Waals surface area contributed by atoms with Gasteiger partial charge >= 0.3 is 0 Å². The number of nitrogens with zero attached hydrogens (tertiary/aromatic N) is 1. The number of benzene rings is 1. The summed E-state index contributed by atoms with van der Waals surface area (Å²) < 4.78 is 44.8. The lowest BCUT2D eigenvalue weighted by Gasteiger charge is -2.08. The van der Waals surface area contributed by atoms with Crippen LogP contribution in [-0.4, -0.2) is 4.98 Å². The monoisotopic (exact) mass is 317 g/mol. The molecule has 94 valence electrons. The van der Waals surface area contributed by atoms with E-state index in [-0.39, 0.29) is 0 Å². The molecule has 0 radical (unpaired) electrons. The van der Waals surface area contributed by atoms with Crippen molar-refractivity contribution in [3.63, 3.8) is 0 Å². The predicted molar refractivity (Wildman–Crippen MR) is 63.1 cm³/mol. The van der Waals surface area contributed by atoms with E-state index in [1.165, 1.54) is 0 Å². The molecule has 2 rings (SSSR count). The molecule has 0 aliphatic heterocycles. The van der Waals surface area contributed by atoms with Crippen LogP contribution in [0.3, 0.4) is 0 Å². The van der Waals surface area contributed by atoms with Crippen LogP contribution in [0.2, 0.25) is 0 Å². The predicted octanol–water partition coefficient (Wildman–Crippen LogP) is 4.36. The first-order valence-corrected chi connectivity index (χ1v) is 5.72. The van der Waals surface area contributed by atoms with Crippen molar-refractivity contribution in [1.29, 1.82) is 0 Å². The largest absolute Gasteiger partial charge is 0.436 e. The van der Waals surface area contributed by atoms with Crippen LogP contribution < -0.4 is 4.74 Å². The van der Waals surface area contributed by atoms with E-state index in [4.69, 9.17) is 4.74 Å². The molecule has 1 heterocycles. The van der Waals surface area contributed by atoms with Gasteiger partial charge in [-0.25, -0.2) is 8.78 Å². The van der Waals surface area contributed by atoms with Crippen molar-refractivity contribution in [3.8, 4) is 11.6 Å². The van der Waals surface area contributed by atoms with Gasteiger partial charge in [0.25, 0.3) is 11.8 Å². The number of hydrogen-bond donors (Lipinski definition) is 0. The Balaban J connectivity index is 2.37. The Hall–Kier alpha value is -1.56. The summed E-state index contributed by atoms with van der Waals surface area (Å²) in [5, 5.41) is 0. The molecule has 0 saturated heterocycles. The molecule has 2 aromatic rings. The molecule has 0 unspecified atom stereocenters. The maximum absolute atomic E-state index is 13.3. The van der Waals surface area contributed by atoms with Gasteiger partial charge < -0.3 is 4.74 Å². The van der Waals surface area contributed by atoms with Gasteiger partial charge in [0, 0.05) is 10.5 Å². The van der Waals surface area contributed by atoms with Gasteiger partial charge in [-0.15, -0.1) is 0 Å². The van der Waals surface area contributed by atoms with Crippen LogP contribution in [0.25, 0.3) is 0 Å². The Morgan fingerprint density at radius 2 is 1.83 bits per heavy atom. The molecule has 0 fully saturated rings. The Morgan fingerprint density at radius 3 is 2.50 bits per heavy atom. The number of aryl methyl sites for hydroxylation is 1. The number of hydrogen-bond acceptors (Lipinski definition) is 2. The lowest BCUT2D eigenvalue weighted by atomic mass is 10.2. The zero-order valence-electron chi connectivity index (χ0n) is 9.18. The molecular weight excluding hydrogens is 311 g/mol. The molecule has 1 aromatic carbocycles. The second kappa shape index (κ2) is 4.97. The molecule has 1 aromatic heterocycles. The van der Waals surface area contributed by atoms with Crippen molar-refractivity contribution in [1.82, 2.24) is 4.98 Å². The number of aromatic nitrogens is 1. The average molecular weight is 318 g/mol.